The number of amides is 1. The van der Waals surface area contributed by atoms with Crippen molar-refractivity contribution in [1.29, 1.82) is 0 Å². The summed E-state index contributed by atoms with van der Waals surface area (Å²) in [5, 5.41) is 18.1. The lowest BCUT2D eigenvalue weighted by molar-refractivity contribution is -0.384. The lowest BCUT2D eigenvalue weighted by atomic mass is 10.1. The van der Waals surface area contributed by atoms with Crippen LogP contribution in [0, 0.1) is 10.1 Å². The third-order valence-electron chi connectivity index (χ3n) is 4.03. The highest BCUT2D eigenvalue weighted by Gasteiger charge is 2.18. The van der Waals surface area contributed by atoms with Crippen molar-refractivity contribution in [3.8, 4) is 5.69 Å². The predicted molar refractivity (Wildman–Crippen MR) is 102 cm³/mol. The van der Waals surface area contributed by atoms with Crippen molar-refractivity contribution < 1.29 is 9.72 Å². The van der Waals surface area contributed by atoms with Crippen LogP contribution in [0.25, 0.3) is 5.69 Å². The first-order valence-electron chi connectivity index (χ1n) is 8.28. The molecular weight excluding hydrogens is 346 g/mol. The van der Waals surface area contributed by atoms with Crippen molar-refractivity contribution in [3.63, 3.8) is 0 Å². The van der Waals surface area contributed by atoms with Gasteiger partial charge in [-0.15, -0.1) is 0 Å². The Labute approximate surface area is 156 Å². The highest BCUT2D eigenvalue weighted by Crippen LogP contribution is 2.24. The molecule has 3 aromatic rings. The molecule has 2 aromatic carbocycles. The number of hydrogen-bond acceptors (Lipinski definition) is 5. The topological polar surface area (TPSA) is 93.3 Å². The van der Waals surface area contributed by atoms with Crippen molar-refractivity contribution in [1.82, 2.24) is 15.1 Å². The van der Waals surface area contributed by atoms with Crippen LogP contribution in [0.1, 0.15) is 15.9 Å². The molecule has 0 atom stereocenters. The van der Waals surface area contributed by atoms with Crippen molar-refractivity contribution in [2.75, 3.05) is 19.0 Å². The van der Waals surface area contributed by atoms with Gasteiger partial charge in [0.05, 0.1) is 22.4 Å². The lowest BCUT2D eigenvalue weighted by Gasteiger charge is -2.16. The summed E-state index contributed by atoms with van der Waals surface area (Å²) in [6, 6.07) is 13.9. The van der Waals surface area contributed by atoms with Crippen molar-refractivity contribution in [2.45, 2.75) is 6.54 Å². The van der Waals surface area contributed by atoms with Crippen LogP contribution in [0.4, 0.5) is 11.4 Å². The number of benzene rings is 2. The van der Waals surface area contributed by atoms with E-state index in [9.17, 15) is 14.9 Å². The summed E-state index contributed by atoms with van der Waals surface area (Å²) < 4.78 is 1.72. The smallest absolute Gasteiger partial charge is 0.270 e. The van der Waals surface area contributed by atoms with E-state index in [1.54, 1.807) is 35.9 Å². The third kappa shape index (κ3) is 4.12. The van der Waals surface area contributed by atoms with Crippen LogP contribution in [0.2, 0.25) is 0 Å². The number of nitro benzene ring substituents is 1. The number of carbonyl (C=O) groups excluding carboxylic acids is 1. The molecule has 1 heterocycles. The van der Waals surface area contributed by atoms with E-state index in [0.29, 0.717) is 5.69 Å². The summed E-state index contributed by atoms with van der Waals surface area (Å²) in [4.78, 5) is 24.9. The molecule has 0 radical (unpaired) electrons. The van der Waals surface area contributed by atoms with Gasteiger partial charge in [-0.3, -0.25) is 14.9 Å². The highest BCUT2D eigenvalue weighted by molar-refractivity contribution is 6.00. The Bertz CT molecular complexity index is 966. The van der Waals surface area contributed by atoms with E-state index < -0.39 is 4.92 Å². The molecule has 27 heavy (non-hydrogen) atoms. The maximum absolute atomic E-state index is 12.6. The van der Waals surface area contributed by atoms with Gasteiger partial charge in [0.1, 0.15) is 0 Å². The summed E-state index contributed by atoms with van der Waals surface area (Å²) in [5.74, 6) is -0.380. The fourth-order valence-corrected chi connectivity index (χ4v) is 2.66. The number of carbonyl (C=O) groups is 1. The fourth-order valence-electron chi connectivity index (χ4n) is 2.66. The highest BCUT2D eigenvalue weighted by atomic mass is 16.6. The molecule has 0 aliphatic heterocycles. The Morgan fingerprint density at radius 2 is 1.96 bits per heavy atom. The van der Waals surface area contributed by atoms with Crippen LogP contribution in [0.15, 0.2) is 60.9 Å². The number of rotatable bonds is 6. The molecule has 138 valence electrons. The first-order valence-corrected chi connectivity index (χ1v) is 8.28. The summed E-state index contributed by atoms with van der Waals surface area (Å²) in [7, 11) is 3.56. The minimum absolute atomic E-state index is 0.123. The second kappa shape index (κ2) is 7.69. The number of para-hydroxylation sites is 1. The average molecular weight is 365 g/mol. The van der Waals surface area contributed by atoms with Crippen LogP contribution in [0.3, 0.4) is 0 Å². The standard InChI is InChI=1S/C19H19N5O3/c1-22(2)18-9-8-16(24(26)27)10-17(18)19(25)20-11-14-12-21-23(13-14)15-6-4-3-5-7-15/h3-10,12-13H,11H2,1-2H3,(H,20,25). The van der Waals surface area contributed by atoms with E-state index in [-0.39, 0.29) is 23.7 Å². The number of anilines is 1. The Kier molecular flexibility index (Phi) is 5.16. The Balaban J connectivity index is 1.75. The molecule has 0 spiro atoms. The molecule has 0 fully saturated rings. The molecule has 0 bridgehead atoms. The monoisotopic (exact) mass is 365 g/mol. The van der Waals surface area contributed by atoms with Crippen LogP contribution >= 0.6 is 0 Å². The van der Waals surface area contributed by atoms with Gasteiger partial charge < -0.3 is 10.2 Å². The van der Waals surface area contributed by atoms with Gasteiger partial charge in [-0.05, 0) is 18.2 Å². The number of nitrogens with one attached hydrogen (secondary N) is 1. The molecule has 0 saturated carbocycles. The van der Waals surface area contributed by atoms with E-state index in [4.69, 9.17) is 0 Å². The zero-order valence-corrected chi connectivity index (χ0v) is 15.0. The van der Waals surface area contributed by atoms with Gasteiger partial charge in [0.15, 0.2) is 0 Å². The second-order valence-corrected chi connectivity index (χ2v) is 6.16. The van der Waals surface area contributed by atoms with Crippen molar-refractivity contribution >= 4 is 17.3 Å². The minimum Gasteiger partial charge on any atom is -0.377 e. The molecule has 0 aliphatic carbocycles. The number of nitro groups is 1. The van der Waals surface area contributed by atoms with Gasteiger partial charge in [-0.25, -0.2) is 4.68 Å². The van der Waals surface area contributed by atoms with Gasteiger partial charge in [-0.2, -0.15) is 5.10 Å². The van der Waals surface area contributed by atoms with Crippen LogP contribution < -0.4 is 10.2 Å². The Morgan fingerprint density at radius 3 is 2.63 bits per heavy atom. The molecule has 0 unspecified atom stereocenters. The van der Waals surface area contributed by atoms with E-state index in [1.807, 2.05) is 36.5 Å². The average Bonchev–Trinajstić information content (AvgIpc) is 3.15. The van der Waals surface area contributed by atoms with Gasteiger partial charge in [0.25, 0.3) is 11.6 Å². The summed E-state index contributed by atoms with van der Waals surface area (Å²) >= 11 is 0. The normalized spacial score (nSPS) is 10.4. The van der Waals surface area contributed by atoms with E-state index >= 15 is 0 Å². The Hall–Kier alpha value is -3.68. The van der Waals surface area contributed by atoms with Crippen LogP contribution in [0.5, 0.6) is 0 Å². The maximum Gasteiger partial charge on any atom is 0.270 e. The van der Waals surface area contributed by atoms with Crippen LogP contribution in [-0.2, 0) is 6.54 Å². The number of non-ortho nitro benzene ring substituents is 1. The number of nitrogens with zero attached hydrogens (tertiary/aromatic N) is 4. The van der Waals surface area contributed by atoms with Crippen LogP contribution in [-0.4, -0.2) is 34.7 Å². The number of aromatic nitrogens is 2. The molecule has 1 amide bonds. The molecule has 3 rings (SSSR count). The molecular formula is C19H19N5O3. The van der Waals surface area contributed by atoms with Crippen molar-refractivity contribution in [2.24, 2.45) is 0 Å². The third-order valence-corrected chi connectivity index (χ3v) is 4.03. The second-order valence-electron chi connectivity index (χ2n) is 6.16. The van der Waals surface area contributed by atoms with Gasteiger partial charge >= 0.3 is 0 Å². The summed E-state index contributed by atoms with van der Waals surface area (Å²) in [6.07, 6.45) is 3.50. The lowest BCUT2D eigenvalue weighted by Crippen LogP contribution is -2.25. The van der Waals surface area contributed by atoms with E-state index in [2.05, 4.69) is 10.4 Å². The summed E-state index contributed by atoms with van der Waals surface area (Å²) in [6.45, 7) is 0.265. The molecule has 8 heteroatoms. The quantitative estimate of drug-likeness (QED) is 0.535. The first kappa shape index (κ1) is 18.1. The van der Waals surface area contributed by atoms with Gasteiger partial charge in [0, 0.05) is 50.2 Å². The fraction of sp³-hybridized carbons (Fsp3) is 0.158. The van der Waals surface area contributed by atoms with Gasteiger partial charge in [-0.1, -0.05) is 18.2 Å². The molecule has 0 saturated heterocycles. The first-order chi connectivity index (χ1) is 13.0. The maximum atomic E-state index is 12.6. The Morgan fingerprint density at radius 1 is 1.22 bits per heavy atom. The van der Waals surface area contributed by atoms with Gasteiger partial charge in [0.2, 0.25) is 0 Å². The minimum atomic E-state index is -0.514. The SMILES string of the molecule is CN(C)c1ccc([N+](=O)[O-])cc1C(=O)NCc1cnn(-c2ccccc2)c1. The summed E-state index contributed by atoms with van der Waals surface area (Å²) in [5.41, 5.74) is 2.48. The molecule has 8 nitrogen and oxygen atoms in total. The molecule has 1 aromatic heterocycles. The van der Waals surface area contributed by atoms with E-state index in [0.717, 1.165) is 11.3 Å². The predicted octanol–water partition coefficient (Wildman–Crippen LogP) is 2.78. The number of hydrogen-bond donors (Lipinski definition) is 1. The molecule has 1 N–H and O–H groups in total. The van der Waals surface area contributed by atoms with Crippen molar-refractivity contribution in [3.05, 3.63) is 82.2 Å². The zero-order chi connectivity index (χ0) is 19.4. The zero-order valence-electron chi connectivity index (χ0n) is 15.0. The molecule has 0 aliphatic rings. The van der Waals surface area contributed by atoms with E-state index in [1.165, 1.54) is 12.1 Å². The largest absolute Gasteiger partial charge is 0.377 e.